The third-order valence-corrected chi connectivity index (χ3v) is 8.21. The number of rotatable bonds is 3. The largest absolute Gasteiger partial charge is 0.0916 e. The summed E-state index contributed by atoms with van der Waals surface area (Å²) in [6.45, 7) is 4.89. The fourth-order valence-corrected chi connectivity index (χ4v) is 5.41. The molecule has 0 nitrogen and oxygen atoms in total. The lowest BCUT2D eigenvalue weighted by molar-refractivity contribution is 0.114. The van der Waals surface area contributed by atoms with Gasteiger partial charge in [0.25, 0.3) is 0 Å². The van der Waals surface area contributed by atoms with Gasteiger partial charge in [0.2, 0.25) is 0 Å². The van der Waals surface area contributed by atoms with Crippen LogP contribution >= 0.6 is 31.9 Å². The molecule has 4 atom stereocenters. The van der Waals surface area contributed by atoms with E-state index in [2.05, 4.69) is 45.7 Å². The van der Waals surface area contributed by atoms with Gasteiger partial charge in [-0.3, -0.25) is 0 Å². The summed E-state index contributed by atoms with van der Waals surface area (Å²) in [5.74, 6) is 4.86. The van der Waals surface area contributed by atoms with Gasteiger partial charge in [-0.25, -0.2) is 0 Å². The number of hydrogen-bond acceptors (Lipinski definition) is 0. The highest BCUT2D eigenvalue weighted by atomic mass is 79.9. The molecular weight excluding hydrogens is 352 g/mol. The van der Waals surface area contributed by atoms with E-state index in [0.717, 1.165) is 34.9 Å². The maximum Gasteiger partial charge on any atom is 0.0273 e. The van der Waals surface area contributed by atoms with Crippen molar-refractivity contribution >= 4 is 31.9 Å². The Morgan fingerprint density at radius 2 is 1.56 bits per heavy atom. The van der Waals surface area contributed by atoms with E-state index in [-0.39, 0.29) is 0 Å². The van der Waals surface area contributed by atoms with Crippen LogP contribution in [0.1, 0.15) is 58.8 Å². The maximum absolute atomic E-state index is 3.89. The fourth-order valence-electron chi connectivity index (χ4n) is 4.19. The van der Waals surface area contributed by atoms with Gasteiger partial charge in [0, 0.05) is 10.2 Å². The van der Waals surface area contributed by atoms with Crippen LogP contribution in [0.25, 0.3) is 0 Å². The van der Waals surface area contributed by atoms with Gasteiger partial charge in [-0.2, -0.15) is 0 Å². The van der Waals surface area contributed by atoms with Gasteiger partial charge in [0.15, 0.2) is 0 Å². The Morgan fingerprint density at radius 1 is 0.944 bits per heavy atom. The van der Waals surface area contributed by atoms with Crippen molar-refractivity contribution in [2.75, 3.05) is 5.33 Å². The van der Waals surface area contributed by atoms with E-state index in [1.165, 1.54) is 44.9 Å². The van der Waals surface area contributed by atoms with E-state index in [1.807, 2.05) is 0 Å². The third-order valence-electron chi connectivity index (χ3n) is 5.64. The first-order valence-electron chi connectivity index (χ1n) is 7.81. The minimum absolute atomic E-state index is 0.679. The Hall–Kier alpha value is 0.960. The first-order chi connectivity index (χ1) is 8.61. The molecule has 0 heterocycles. The van der Waals surface area contributed by atoms with Crippen molar-refractivity contribution in [1.82, 2.24) is 0 Å². The summed E-state index contributed by atoms with van der Waals surface area (Å²) in [6.07, 6.45) is 10.4. The molecule has 0 aromatic rings. The van der Waals surface area contributed by atoms with Crippen LogP contribution in [-0.2, 0) is 0 Å². The lowest BCUT2D eigenvalue weighted by Gasteiger charge is -2.42. The maximum atomic E-state index is 3.89. The molecule has 0 aromatic carbocycles. The first-order valence-corrected chi connectivity index (χ1v) is 9.85. The highest BCUT2D eigenvalue weighted by Gasteiger charge is 2.36. The third kappa shape index (κ3) is 3.75. The molecule has 18 heavy (non-hydrogen) atoms. The number of alkyl halides is 2. The summed E-state index contributed by atoms with van der Waals surface area (Å²) < 4.78 is 0. The van der Waals surface area contributed by atoms with Crippen LogP contribution in [0.4, 0.5) is 0 Å². The average Bonchev–Trinajstić information content (AvgIpc) is 2.39. The van der Waals surface area contributed by atoms with Crippen molar-refractivity contribution in [1.29, 1.82) is 0 Å². The molecule has 0 bridgehead atoms. The van der Waals surface area contributed by atoms with Crippen LogP contribution in [0.15, 0.2) is 0 Å². The summed E-state index contributed by atoms with van der Waals surface area (Å²) >= 11 is 7.55. The van der Waals surface area contributed by atoms with Crippen LogP contribution in [0.3, 0.4) is 0 Å². The summed E-state index contributed by atoms with van der Waals surface area (Å²) in [6, 6.07) is 0. The van der Waals surface area contributed by atoms with Gasteiger partial charge in [-0.15, -0.1) is 0 Å². The minimum atomic E-state index is 0.679. The second kappa shape index (κ2) is 7.11. The highest BCUT2D eigenvalue weighted by Crippen LogP contribution is 2.45. The van der Waals surface area contributed by atoms with Gasteiger partial charge in [-0.05, 0) is 55.3 Å². The topological polar surface area (TPSA) is 0 Å². The summed E-state index contributed by atoms with van der Waals surface area (Å²) in [7, 11) is 0. The van der Waals surface area contributed by atoms with E-state index in [0.29, 0.717) is 4.83 Å². The van der Waals surface area contributed by atoms with Gasteiger partial charge in [0.05, 0.1) is 0 Å². The molecule has 2 heteroatoms. The van der Waals surface area contributed by atoms with E-state index in [9.17, 15) is 0 Å². The van der Waals surface area contributed by atoms with E-state index < -0.39 is 0 Å². The summed E-state index contributed by atoms with van der Waals surface area (Å²) in [5.41, 5.74) is 0. The number of hydrogen-bond donors (Lipinski definition) is 0. The quantitative estimate of drug-likeness (QED) is 0.525. The average molecular weight is 380 g/mol. The van der Waals surface area contributed by atoms with E-state index >= 15 is 0 Å². The molecule has 2 aliphatic carbocycles. The Bertz CT molecular complexity index is 241. The first kappa shape index (κ1) is 15.4. The second-order valence-corrected chi connectivity index (χ2v) is 8.73. The molecule has 2 aliphatic rings. The SMILES string of the molecule is CC1CCC(C2CC[C@@H](C)[C@@H](C(Br)CBr)C2)CC1. The zero-order valence-electron chi connectivity index (χ0n) is 11.9. The van der Waals surface area contributed by atoms with E-state index in [1.54, 1.807) is 0 Å². The van der Waals surface area contributed by atoms with Gasteiger partial charge in [0.1, 0.15) is 0 Å². The molecule has 0 aromatic heterocycles. The van der Waals surface area contributed by atoms with Crippen molar-refractivity contribution in [3.05, 3.63) is 0 Å². The minimum Gasteiger partial charge on any atom is -0.0916 e. The molecule has 0 N–H and O–H groups in total. The molecular formula is C16H28Br2. The lowest BCUT2D eigenvalue weighted by atomic mass is 9.66. The zero-order valence-corrected chi connectivity index (χ0v) is 15.0. The lowest BCUT2D eigenvalue weighted by Crippen LogP contribution is -2.34. The van der Waals surface area contributed by atoms with Crippen LogP contribution in [0, 0.1) is 29.6 Å². The molecule has 106 valence electrons. The van der Waals surface area contributed by atoms with Crippen molar-refractivity contribution in [2.24, 2.45) is 29.6 Å². The standard InChI is InChI=1S/C16H28Br2/c1-11-3-6-13(7-4-11)14-8-5-12(2)15(9-14)16(18)10-17/h11-16H,3-10H2,1-2H3/t11?,12-,13?,14?,15+,16?/m1/s1. The van der Waals surface area contributed by atoms with Crippen LogP contribution in [-0.4, -0.2) is 10.2 Å². The summed E-state index contributed by atoms with van der Waals surface area (Å²) in [4.78, 5) is 0.679. The normalized spacial score (nSPS) is 43.7. The molecule has 0 aliphatic heterocycles. The predicted octanol–water partition coefficient (Wildman–Crippen LogP) is 6.02. The molecule has 0 radical (unpaired) electrons. The van der Waals surface area contributed by atoms with Gasteiger partial charge in [-0.1, -0.05) is 65.0 Å². The molecule has 2 saturated carbocycles. The zero-order chi connectivity index (χ0) is 13.1. The Labute approximate surface area is 130 Å². The predicted molar refractivity (Wildman–Crippen MR) is 87.6 cm³/mol. The molecule has 2 fully saturated rings. The van der Waals surface area contributed by atoms with E-state index in [4.69, 9.17) is 0 Å². The smallest absolute Gasteiger partial charge is 0.0273 e. The summed E-state index contributed by atoms with van der Waals surface area (Å²) in [5, 5.41) is 1.11. The van der Waals surface area contributed by atoms with Crippen molar-refractivity contribution in [2.45, 2.75) is 63.6 Å². The van der Waals surface area contributed by atoms with Crippen LogP contribution in [0.2, 0.25) is 0 Å². The Morgan fingerprint density at radius 3 is 2.17 bits per heavy atom. The van der Waals surface area contributed by atoms with Gasteiger partial charge < -0.3 is 0 Å². The molecule has 2 unspecified atom stereocenters. The monoisotopic (exact) mass is 378 g/mol. The molecule has 0 spiro atoms. The number of halogens is 2. The highest BCUT2D eigenvalue weighted by molar-refractivity contribution is 9.12. The Kier molecular flexibility index (Phi) is 6.06. The molecule has 0 amide bonds. The molecule has 0 saturated heterocycles. The van der Waals surface area contributed by atoms with Gasteiger partial charge >= 0.3 is 0 Å². The van der Waals surface area contributed by atoms with Crippen LogP contribution < -0.4 is 0 Å². The van der Waals surface area contributed by atoms with Crippen molar-refractivity contribution in [3.8, 4) is 0 Å². The van der Waals surface area contributed by atoms with Crippen molar-refractivity contribution < 1.29 is 0 Å². The second-order valence-electron chi connectivity index (χ2n) is 6.90. The molecule has 2 rings (SSSR count). The van der Waals surface area contributed by atoms with Crippen LogP contribution in [0.5, 0.6) is 0 Å². The van der Waals surface area contributed by atoms with Crippen molar-refractivity contribution in [3.63, 3.8) is 0 Å². The fraction of sp³-hybridized carbons (Fsp3) is 1.00. The Balaban J connectivity index is 1.90.